The van der Waals surface area contributed by atoms with Crippen molar-refractivity contribution in [2.24, 2.45) is 5.73 Å². The molecule has 0 aliphatic carbocycles. The maximum Gasteiger partial charge on any atom is 0.127 e. The molecule has 0 aliphatic heterocycles. The van der Waals surface area contributed by atoms with Crippen LogP contribution in [-0.4, -0.2) is 34.1 Å². The number of fused-ring (bicyclic) bond motifs is 1. The molecular weight excluding hydrogens is 260 g/mol. The van der Waals surface area contributed by atoms with Gasteiger partial charge in [-0.3, -0.25) is 4.90 Å². The zero-order chi connectivity index (χ0) is 15.2. The van der Waals surface area contributed by atoms with Crippen molar-refractivity contribution in [3.63, 3.8) is 0 Å². The number of unbranched alkanes of at least 4 members (excludes halogenated alkanes) is 1. The second-order valence-corrected chi connectivity index (χ2v) is 5.56. The number of hydrogen-bond donors (Lipinski definition) is 1. The highest BCUT2D eigenvalue weighted by molar-refractivity contribution is 5.76. The molecular formula is C17H28N4. The van der Waals surface area contributed by atoms with Gasteiger partial charge in [0.05, 0.1) is 17.1 Å². The molecule has 0 saturated carbocycles. The molecule has 2 rings (SSSR count). The highest BCUT2D eigenvalue weighted by Crippen LogP contribution is 2.24. The van der Waals surface area contributed by atoms with Crippen LogP contribution in [0.3, 0.4) is 0 Å². The van der Waals surface area contributed by atoms with Crippen LogP contribution < -0.4 is 5.73 Å². The molecule has 0 fully saturated rings. The van der Waals surface area contributed by atoms with Gasteiger partial charge in [0.25, 0.3) is 0 Å². The van der Waals surface area contributed by atoms with E-state index in [1.54, 1.807) is 0 Å². The second-order valence-electron chi connectivity index (χ2n) is 5.56. The minimum Gasteiger partial charge on any atom is -0.329 e. The molecule has 1 atom stereocenters. The van der Waals surface area contributed by atoms with E-state index in [0.717, 1.165) is 31.0 Å². The maximum atomic E-state index is 5.81. The van der Waals surface area contributed by atoms with Gasteiger partial charge in [-0.25, -0.2) is 4.98 Å². The first-order valence-corrected chi connectivity index (χ1v) is 8.12. The SMILES string of the molecule is CCCCN(CC)C(C)c1nc2ccccc2n1CCN. The highest BCUT2D eigenvalue weighted by Gasteiger charge is 2.20. The fraction of sp³-hybridized carbons (Fsp3) is 0.588. The number of rotatable bonds is 8. The Morgan fingerprint density at radius 2 is 2.05 bits per heavy atom. The third-order valence-corrected chi connectivity index (χ3v) is 4.16. The summed E-state index contributed by atoms with van der Waals surface area (Å²) in [5.41, 5.74) is 8.07. The number of hydrogen-bond acceptors (Lipinski definition) is 3. The average Bonchev–Trinajstić information content (AvgIpc) is 2.87. The number of aromatic nitrogens is 2. The maximum absolute atomic E-state index is 5.81. The second kappa shape index (κ2) is 7.57. The Hall–Kier alpha value is -1.39. The van der Waals surface area contributed by atoms with Crippen LogP contribution >= 0.6 is 0 Å². The van der Waals surface area contributed by atoms with E-state index in [1.165, 1.54) is 18.4 Å². The van der Waals surface area contributed by atoms with Crippen LogP contribution in [0.25, 0.3) is 11.0 Å². The normalized spacial score (nSPS) is 13.2. The molecule has 1 heterocycles. The van der Waals surface area contributed by atoms with Crippen LogP contribution in [0.1, 0.15) is 45.5 Å². The van der Waals surface area contributed by atoms with Crippen molar-refractivity contribution in [1.82, 2.24) is 14.5 Å². The molecule has 116 valence electrons. The first-order valence-electron chi connectivity index (χ1n) is 8.12. The van der Waals surface area contributed by atoms with Gasteiger partial charge in [-0.05, 0) is 38.6 Å². The fourth-order valence-corrected chi connectivity index (χ4v) is 2.93. The summed E-state index contributed by atoms with van der Waals surface area (Å²) in [5.74, 6) is 1.14. The minimum absolute atomic E-state index is 0.320. The number of benzene rings is 1. The minimum atomic E-state index is 0.320. The summed E-state index contributed by atoms with van der Waals surface area (Å²) in [5, 5.41) is 0. The molecule has 2 N–H and O–H groups in total. The summed E-state index contributed by atoms with van der Waals surface area (Å²) in [6.45, 7) is 10.4. The molecule has 1 aromatic carbocycles. The lowest BCUT2D eigenvalue weighted by atomic mass is 10.2. The van der Waals surface area contributed by atoms with Crippen LogP contribution in [0.4, 0.5) is 0 Å². The Morgan fingerprint density at radius 1 is 1.29 bits per heavy atom. The standard InChI is InChI=1S/C17H28N4/c1-4-6-12-20(5-2)14(3)17-19-15-9-7-8-10-16(15)21(17)13-11-18/h7-10,14H,4-6,11-13,18H2,1-3H3. The quantitative estimate of drug-likeness (QED) is 0.811. The van der Waals surface area contributed by atoms with Crippen LogP contribution in [0, 0.1) is 0 Å². The van der Waals surface area contributed by atoms with Gasteiger partial charge in [-0.1, -0.05) is 32.4 Å². The summed E-state index contributed by atoms with van der Waals surface area (Å²) in [4.78, 5) is 7.37. The lowest BCUT2D eigenvalue weighted by molar-refractivity contribution is 0.207. The van der Waals surface area contributed by atoms with Gasteiger partial charge >= 0.3 is 0 Å². The summed E-state index contributed by atoms with van der Waals surface area (Å²) >= 11 is 0. The molecule has 0 amide bonds. The predicted molar refractivity (Wildman–Crippen MR) is 89.4 cm³/mol. The third-order valence-electron chi connectivity index (χ3n) is 4.16. The first-order chi connectivity index (χ1) is 10.2. The average molecular weight is 288 g/mol. The van der Waals surface area contributed by atoms with Crippen molar-refractivity contribution in [2.75, 3.05) is 19.6 Å². The zero-order valence-corrected chi connectivity index (χ0v) is 13.5. The zero-order valence-electron chi connectivity index (χ0n) is 13.5. The lowest BCUT2D eigenvalue weighted by Crippen LogP contribution is -2.30. The first kappa shape index (κ1) is 16.0. The summed E-state index contributed by atoms with van der Waals surface area (Å²) in [6.07, 6.45) is 2.46. The van der Waals surface area contributed by atoms with E-state index in [9.17, 15) is 0 Å². The van der Waals surface area contributed by atoms with Crippen molar-refractivity contribution in [1.29, 1.82) is 0 Å². The summed E-state index contributed by atoms with van der Waals surface area (Å²) in [7, 11) is 0. The number of para-hydroxylation sites is 2. The molecule has 1 unspecified atom stereocenters. The largest absolute Gasteiger partial charge is 0.329 e. The van der Waals surface area contributed by atoms with Crippen LogP contribution in [0.5, 0.6) is 0 Å². The topological polar surface area (TPSA) is 47.1 Å². The Labute approximate surface area is 128 Å². The molecule has 4 nitrogen and oxygen atoms in total. The van der Waals surface area contributed by atoms with Gasteiger partial charge in [0, 0.05) is 13.1 Å². The van der Waals surface area contributed by atoms with E-state index in [0.29, 0.717) is 12.6 Å². The van der Waals surface area contributed by atoms with Gasteiger partial charge in [0.15, 0.2) is 0 Å². The number of nitrogens with two attached hydrogens (primary N) is 1. The molecule has 1 aromatic heterocycles. The van der Waals surface area contributed by atoms with E-state index < -0.39 is 0 Å². The monoisotopic (exact) mass is 288 g/mol. The van der Waals surface area contributed by atoms with Crippen molar-refractivity contribution >= 4 is 11.0 Å². The molecule has 0 aliphatic rings. The Balaban J connectivity index is 2.36. The summed E-state index contributed by atoms with van der Waals surface area (Å²) in [6, 6.07) is 8.66. The summed E-state index contributed by atoms with van der Waals surface area (Å²) < 4.78 is 2.29. The molecule has 4 heteroatoms. The van der Waals surface area contributed by atoms with Crippen LogP contribution in [0.2, 0.25) is 0 Å². The van der Waals surface area contributed by atoms with Crippen molar-refractivity contribution < 1.29 is 0 Å². The van der Waals surface area contributed by atoms with Gasteiger partial charge in [-0.15, -0.1) is 0 Å². The van der Waals surface area contributed by atoms with E-state index in [-0.39, 0.29) is 0 Å². The Kier molecular flexibility index (Phi) is 5.76. The van der Waals surface area contributed by atoms with Gasteiger partial charge in [0.2, 0.25) is 0 Å². The van der Waals surface area contributed by atoms with Crippen molar-refractivity contribution in [2.45, 2.75) is 46.2 Å². The van der Waals surface area contributed by atoms with Crippen LogP contribution in [-0.2, 0) is 6.54 Å². The van der Waals surface area contributed by atoms with Crippen LogP contribution in [0.15, 0.2) is 24.3 Å². The van der Waals surface area contributed by atoms with Crippen molar-refractivity contribution in [3.8, 4) is 0 Å². The smallest absolute Gasteiger partial charge is 0.127 e. The molecule has 2 aromatic rings. The molecule has 0 radical (unpaired) electrons. The van der Waals surface area contributed by atoms with E-state index in [2.05, 4.69) is 48.4 Å². The lowest BCUT2D eigenvalue weighted by Gasteiger charge is -2.27. The highest BCUT2D eigenvalue weighted by atomic mass is 15.2. The van der Waals surface area contributed by atoms with E-state index in [4.69, 9.17) is 10.7 Å². The van der Waals surface area contributed by atoms with Gasteiger partial charge < -0.3 is 10.3 Å². The molecule has 21 heavy (non-hydrogen) atoms. The van der Waals surface area contributed by atoms with Gasteiger partial charge in [0.1, 0.15) is 5.82 Å². The molecule has 0 bridgehead atoms. The van der Waals surface area contributed by atoms with Gasteiger partial charge in [-0.2, -0.15) is 0 Å². The third kappa shape index (κ3) is 3.44. The van der Waals surface area contributed by atoms with E-state index in [1.807, 2.05) is 6.07 Å². The van der Waals surface area contributed by atoms with Crippen molar-refractivity contribution in [3.05, 3.63) is 30.1 Å². The Bertz CT molecular complexity index is 561. The fourth-order valence-electron chi connectivity index (χ4n) is 2.93. The molecule has 0 spiro atoms. The van der Waals surface area contributed by atoms with E-state index >= 15 is 0 Å². The predicted octanol–water partition coefficient (Wildman–Crippen LogP) is 3.18. The molecule has 0 saturated heterocycles. The number of nitrogens with zero attached hydrogens (tertiary/aromatic N) is 3. The number of imidazole rings is 1. The Morgan fingerprint density at radius 3 is 2.71 bits per heavy atom.